The van der Waals surface area contributed by atoms with E-state index in [9.17, 15) is 0 Å². The number of methoxy groups -OCH3 is 2. The van der Waals surface area contributed by atoms with Crippen molar-refractivity contribution in [3.63, 3.8) is 0 Å². The first-order valence-electron chi connectivity index (χ1n) is 5.06. The number of hydrogen-bond donors (Lipinski definition) is 1. The number of nitrogens with zero attached hydrogens (tertiary/aromatic N) is 1. The Morgan fingerprint density at radius 2 is 2.00 bits per heavy atom. The van der Waals surface area contributed by atoms with Crippen molar-refractivity contribution in [1.29, 1.82) is 5.26 Å². The van der Waals surface area contributed by atoms with Crippen molar-refractivity contribution >= 4 is 5.69 Å². The first-order valence-corrected chi connectivity index (χ1v) is 5.06. The van der Waals surface area contributed by atoms with Crippen LogP contribution in [0.3, 0.4) is 0 Å². The molecule has 0 radical (unpaired) electrons. The number of rotatable bonds is 5. The molecule has 1 aromatic carbocycles. The first kappa shape index (κ1) is 12.2. The Labute approximate surface area is 95.8 Å². The van der Waals surface area contributed by atoms with Crippen molar-refractivity contribution in [2.45, 2.75) is 6.92 Å². The summed E-state index contributed by atoms with van der Waals surface area (Å²) in [6.07, 6.45) is 0. The van der Waals surface area contributed by atoms with Gasteiger partial charge in [-0.1, -0.05) is 0 Å². The molecule has 1 atom stereocenters. The molecule has 1 unspecified atom stereocenters. The van der Waals surface area contributed by atoms with Crippen LogP contribution in [-0.4, -0.2) is 20.8 Å². The molecule has 4 nitrogen and oxygen atoms in total. The van der Waals surface area contributed by atoms with Gasteiger partial charge >= 0.3 is 0 Å². The smallest absolute Gasteiger partial charge is 0.162 e. The van der Waals surface area contributed by atoms with Crippen LogP contribution in [0.15, 0.2) is 18.2 Å². The number of anilines is 1. The van der Waals surface area contributed by atoms with Gasteiger partial charge in [-0.15, -0.1) is 0 Å². The average molecular weight is 220 g/mol. The third-order valence-electron chi connectivity index (χ3n) is 2.22. The molecule has 0 aromatic heterocycles. The minimum atomic E-state index is -0.0203. The average Bonchev–Trinajstić information content (AvgIpc) is 2.35. The fraction of sp³-hybridized carbons (Fsp3) is 0.417. The number of ether oxygens (including phenoxy) is 2. The molecule has 0 fully saturated rings. The number of nitrogens with one attached hydrogen (secondary N) is 1. The first-order chi connectivity index (χ1) is 7.71. The van der Waals surface area contributed by atoms with Gasteiger partial charge in [0.25, 0.3) is 0 Å². The molecular formula is C12H16N2O2. The molecule has 1 rings (SSSR count). The highest BCUT2D eigenvalue weighted by molar-refractivity contribution is 5.54. The van der Waals surface area contributed by atoms with Gasteiger partial charge in [-0.25, -0.2) is 0 Å². The largest absolute Gasteiger partial charge is 0.493 e. The van der Waals surface area contributed by atoms with E-state index in [1.807, 2.05) is 25.1 Å². The molecule has 0 heterocycles. The second-order valence-electron chi connectivity index (χ2n) is 3.48. The molecule has 0 saturated carbocycles. The van der Waals surface area contributed by atoms with Gasteiger partial charge in [-0.05, 0) is 19.1 Å². The Balaban J connectivity index is 2.72. The zero-order valence-corrected chi connectivity index (χ0v) is 9.78. The van der Waals surface area contributed by atoms with Crippen molar-refractivity contribution < 1.29 is 9.47 Å². The second kappa shape index (κ2) is 5.86. The van der Waals surface area contributed by atoms with Gasteiger partial charge in [-0.2, -0.15) is 5.26 Å². The Kier molecular flexibility index (Phi) is 4.46. The molecule has 0 spiro atoms. The third-order valence-corrected chi connectivity index (χ3v) is 2.22. The molecule has 1 N–H and O–H groups in total. The predicted octanol–water partition coefficient (Wildman–Crippen LogP) is 2.28. The normalized spacial score (nSPS) is 11.4. The monoisotopic (exact) mass is 220 g/mol. The summed E-state index contributed by atoms with van der Waals surface area (Å²) in [6.45, 7) is 2.49. The van der Waals surface area contributed by atoms with E-state index in [1.165, 1.54) is 0 Å². The van der Waals surface area contributed by atoms with Gasteiger partial charge in [0.2, 0.25) is 0 Å². The summed E-state index contributed by atoms with van der Waals surface area (Å²) in [5.41, 5.74) is 0.916. The zero-order chi connectivity index (χ0) is 12.0. The van der Waals surface area contributed by atoms with Crippen LogP contribution in [0.1, 0.15) is 6.92 Å². The Hall–Kier alpha value is -1.89. The molecular weight excluding hydrogens is 204 g/mol. The molecule has 0 bridgehead atoms. The molecule has 0 aliphatic rings. The quantitative estimate of drug-likeness (QED) is 0.827. The topological polar surface area (TPSA) is 54.3 Å². The van der Waals surface area contributed by atoms with Crippen molar-refractivity contribution in [3.8, 4) is 17.6 Å². The van der Waals surface area contributed by atoms with Gasteiger partial charge in [-0.3, -0.25) is 0 Å². The maximum atomic E-state index is 8.66. The van der Waals surface area contributed by atoms with Gasteiger partial charge in [0.1, 0.15) is 0 Å². The van der Waals surface area contributed by atoms with Crippen LogP contribution in [0.5, 0.6) is 11.5 Å². The van der Waals surface area contributed by atoms with E-state index < -0.39 is 0 Å². The summed E-state index contributed by atoms with van der Waals surface area (Å²) < 4.78 is 10.3. The summed E-state index contributed by atoms with van der Waals surface area (Å²) >= 11 is 0. The summed E-state index contributed by atoms with van der Waals surface area (Å²) in [5.74, 6) is 1.35. The number of nitriles is 1. The summed E-state index contributed by atoms with van der Waals surface area (Å²) in [4.78, 5) is 0. The van der Waals surface area contributed by atoms with Crippen molar-refractivity contribution in [2.24, 2.45) is 5.92 Å². The number of benzene rings is 1. The lowest BCUT2D eigenvalue weighted by molar-refractivity contribution is 0.355. The van der Waals surface area contributed by atoms with Crippen molar-refractivity contribution in [1.82, 2.24) is 0 Å². The zero-order valence-electron chi connectivity index (χ0n) is 9.78. The molecule has 0 aliphatic heterocycles. The van der Waals surface area contributed by atoms with Crippen LogP contribution >= 0.6 is 0 Å². The van der Waals surface area contributed by atoms with Crippen LogP contribution < -0.4 is 14.8 Å². The van der Waals surface area contributed by atoms with E-state index >= 15 is 0 Å². The Bertz CT molecular complexity index is 385. The Morgan fingerprint density at radius 3 is 2.56 bits per heavy atom. The minimum absolute atomic E-state index is 0.0203. The molecule has 1 aromatic rings. The third kappa shape index (κ3) is 3.06. The standard InChI is InChI=1S/C12H16N2O2/c1-9(7-13)8-14-10-4-5-11(15-2)12(6-10)16-3/h4-6,9,14H,8H2,1-3H3. The second-order valence-corrected chi connectivity index (χ2v) is 3.48. The lowest BCUT2D eigenvalue weighted by Crippen LogP contribution is -2.09. The Morgan fingerprint density at radius 1 is 1.31 bits per heavy atom. The lowest BCUT2D eigenvalue weighted by atomic mass is 10.2. The molecule has 0 amide bonds. The molecule has 4 heteroatoms. The van der Waals surface area contributed by atoms with Crippen LogP contribution in [-0.2, 0) is 0 Å². The highest BCUT2D eigenvalue weighted by Crippen LogP contribution is 2.29. The summed E-state index contributed by atoms with van der Waals surface area (Å²) in [7, 11) is 3.20. The van der Waals surface area contributed by atoms with E-state index in [2.05, 4.69) is 11.4 Å². The number of hydrogen-bond acceptors (Lipinski definition) is 4. The molecule has 86 valence electrons. The summed E-state index contributed by atoms with van der Waals surface area (Å²) in [6, 6.07) is 7.74. The van der Waals surface area contributed by atoms with E-state index in [1.54, 1.807) is 14.2 Å². The van der Waals surface area contributed by atoms with Gasteiger partial charge in [0.15, 0.2) is 11.5 Å². The van der Waals surface area contributed by atoms with Gasteiger partial charge < -0.3 is 14.8 Å². The lowest BCUT2D eigenvalue weighted by Gasteiger charge is -2.11. The van der Waals surface area contributed by atoms with E-state index in [0.29, 0.717) is 18.0 Å². The molecule has 16 heavy (non-hydrogen) atoms. The van der Waals surface area contributed by atoms with Gasteiger partial charge in [0.05, 0.1) is 26.2 Å². The van der Waals surface area contributed by atoms with Crippen molar-refractivity contribution in [3.05, 3.63) is 18.2 Å². The highest BCUT2D eigenvalue weighted by atomic mass is 16.5. The van der Waals surface area contributed by atoms with Crippen LogP contribution in [0.25, 0.3) is 0 Å². The van der Waals surface area contributed by atoms with Crippen LogP contribution in [0, 0.1) is 17.2 Å². The maximum Gasteiger partial charge on any atom is 0.162 e. The van der Waals surface area contributed by atoms with Crippen LogP contribution in [0.2, 0.25) is 0 Å². The van der Waals surface area contributed by atoms with E-state index in [4.69, 9.17) is 14.7 Å². The molecule has 0 aliphatic carbocycles. The maximum absolute atomic E-state index is 8.66. The molecule has 0 saturated heterocycles. The van der Waals surface area contributed by atoms with Crippen LogP contribution in [0.4, 0.5) is 5.69 Å². The van der Waals surface area contributed by atoms with Crippen molar-refractivity contribution in [2.75, 3.05) is 26.1 Å². The SMILES string of the molecule is COc1ccc(NCC(C)C#N)cc1OC. The fourth-order valence-electron chi connectivity index (χ4n) is 1.26. The predicted molar refractivity (Wildman–Crippen MR) is 62.8 cm³/mol. The summed E-state index contributed by atoms with van der Waals surface area (Å²) in [5, 5.41) is 11.8. The fourth-order valence-corrected chi connectivity index (χ4v) is 1.26. The highest BCUT2D eigenvalue weighted by Gasteiger charge is 2.05. The minimum Gasteiger partial charge on any atom is -0.493 e. The van der Waals surface area contributed by atoms with E-state index in [0.717, 1.165) is 5.69 Å². The van der Waals surface area contributed by atoms with Gasteiger partial charge in [0, 0.05) is 18.3 Å². The van der Waals surface area contributed by atoms with E-state index in [-0.39, 0.29) is 5.92 Å².